The first-order valence-corrected chi connectivity index (χ1v) is 6.47. The Balaban J connectivity index is 2.28. The van der Waals surface area contributed by atoms with Crippen LogP contribution >= 0.6 is 15.9 Å². The zero-order valence-electron chi connectivity index (χ0n) is 9.38. The summed E-state index contributed by atoms with van der Waals surface area (Å²) in [6, 6.07) is 1.77. The van der Waals surface area contributed by atoms with E-state index in [-0.39, 0.29) is 11.2 Å². The van der Waals surface area contributed by atoms with Crippen molar-refractivity contribution in [1.82, 2.24) is 5.32 Å². The largest absolute Gasteiger partial charge is 0.460 e. The molecule has 0 amide bonds. The number of Topliss-reactive ketones (excluding diaryl/α,β-unsaturated/α-hetero) is 1. The number of rotatable bonds is 3. The molecule has 0 aliphatic carbocycles. The Morgan fingerprint density at radius 2 is 2.50 bits per heavy atom. The van der Waals surface area contributed by atoms with Crippen LogP contribution in [0.3, 0.4) is 0 Å². The van der Waals surface area contributed by atoms with E-state index in [4.69, 9.17) is 4.42 Å². The van der Waals surface area contributed by atoms with Gasteiger partial charge < -0.3 is 9.73 Å². The van der Waals surface area contributed by atoms with E-state index >= 15 is 0 Å². The molecule has 2 rings (SSSR count). The van der Waals surface area contributed by atoms with Crippen molar-refractivity contribution in [2.75, 3.05) is 13.1 Å². The Labute approximate surface area is 104 Å². The third-order valence-corrected chi connectivity index (χ3v) is 4.08. The Kier molecular flexibility index (Phi) is 3.50. The summed E-state index contributed by atoms with van der Waals surface area (Å²) in [6.45, 7) is 3.84. The van der Waals surface area contributed by atoms with Crippen LogP contribution in [0.25, 0.3) is 0 Å². The number of furan rings is 1. The van der Waals surface area contributed by atoms with Gasteiger partial charge in [0.05, 0.1) is 10.7 Å². The third kappa shape index (κ3) is 1.96. The van der Waals surface area contributed by atoms with Gasteiger partial charge in [-0.15, -0.1) is 0 Å². The highest BCUT2D eigenvalue weighted by molar-refractivity contribution is 9.10. The molecule has 0 spiro atoms. The van der Waals surface area contributed by atoms with Crippen molar-refractivity contribution < 1.29 is 9.21 Å². The van der Waals surface area contributed by atoms with Gasteiger partial charge in [0.15, 0.2) is 5.76 Å². The third-order valence-electron chi connectivity index (χ3n) is 3.45. The number of nitrogens with one attached hydrogen (secondary N) is 1. The number of hydrogen-bond donors (Lipinski definition) is 1. The standard InChI is InChI=1S/C12H16BrNO2/c1-2-12(5-3-6-14-8-12)11(15)10-9(13)4-7-16-10/h4,7,14H,2-3,5-6,8H2,1H3. The fraction of sp³-hybridized carbons (Fsp3) is 0.583. The van der Waals surface area contributed by atoms with Gasteiger partial charge in [-0.3, -0.25) is 4.79 Å². The molecule has 2 heterocycles. The summed E-state index contributed by atoms with van der Waals surface area (Å²) in [5.74, 6) is 0.588. The van der Waals surface area contributed by atoms with Crippen molar-refractivity contribution in [3.8, 4) is 0 Å². The molecule has 0 bridgehead atoms. The molecule has 1 saturated heterocycles. The van der Waals surface area contributed by atoms with Crippen LogP contribution in [0.2, 0.25) is 0 Å². The average Bonchev–Trinajstić information content (AvgIpc) is 2.75. The van der Waals surface area contributed by atoms with E-state index < -0.39 is 0 Å². The molecule has 4 heteroatoms. The summed E-state index contributed by atoms with van der Waals surface area (Å²) in [6.07, 6.45) is 4.41. The number of hydrogen-bond acceptors (Lipinski definition) is 3. The maximum atomic E-state index is 12.5. The van der Waals surface area contributed by atoms with Gasteiger partial charge in [-0.05, 0) is 47.8 Å². The summed E-state index contributed by atoms with van der Waals surface area (Å²) < 4.78 is 6.04. The number of halogens is 1. The van der Waals surface area contributed by atoms with Gasteiger partial charge >= 0.3 is 0 Å². The monoisotopic (exact) mass is 285 g/mol. The van der Waals surface area contributed by atoms with Crippen LogP contribution in [0, 0.1) is 5.41 Å². The van der Waals surface area contributed by atoms with Gasteiger partial charge in [-0.2, -0.15) is 0 Å². The molecule has 1 aromatic rings. The van der Waals surface area contributed by atoms with Crippen molar-refractivity contribution in [3.05, 3.63) is 22.6 Å². The first-order valence-electron chi connectivity index (χ1n) is 5.68. The summed E-state index contributed by atoms with van der Waals surface area (Å²) in [5, 5.41) is 3.31. The summed E-state index contributed by atoms with van der Waals surface area (Å²) in [5.41, 5.74) is -0.279. The molecular formula is C12H16BrNO2. The lowest BCUT2D eigenvalue weighted by atomic mass is 9.74. The lowest BCUT2D eigenvalue weighted by Gasteiger charge is -2.34. The molecule has 0 aromatic carbocycles. The van der Waals surface area contributed by atoms with Gasteiger partial charge in [0.1, 0.15) is 0 Å². The molecule has 1 unspecified atom stereocenters. The number of piperidine rings is 1. The molecule has 1 aliphatic rings. The molecular weight excluding hydrogens is 270 g/mol. The fourth-order valence-electron chi connectivity index (χ4n) is 2.32. The first kappa shape index (κ1) is 11.9. The van der Waals surface area contributed by atoms with Crippen molar-refractivity contribution in [2.45, 2.75) is 26.2 Å². The molecule has 1 atom stereocenters. The molecule has 0 radical (unpaired) electrons. The SMILES string of the molecule is CCC1(C(=O)c2occc2Br)CCCNC1. The zero-order chi connectivity index (χ0) is 11.6. The van der Waals surface area contributed by atoms with Crippen molar-refractivity contribution >= 4 is 21.7 Å². The van der Waals surface area contributed by atoms with E-state index in [1.54, 1.807) is 12.3 Å². The normalized spacial score (nSPS) is 25.6. The van der Waals surface area contributed by atoms with E-state index in [1.807, 2.05) is 0 Å². The van der Waals surface area contributed by atoms with E-state index in [0.29, 0.717) is 5.76 Å². The minimum atomic E-state index is -0.279. The van der Waals surface area contributed by atoms with E-state index in [9.17, 15) is 4.79 Å². The molecule has 1 N–H and O–H groups in total. The van der Waals surface area contributed by atoms with Crippen LogP contribution in [0.15, 0.2) is 21.2 Å². The molecule has 1 fully saturated rings. The topological polar surface area (TPSA) is 42.2 Å². The van der Waals surface area contributed by atoms with E-state index in [2.05, 4.69) is 28.2 Å². The molecule has 1 aliphatic heterocycles. The first-order chi connectivity index (χ1) is 7.69. The minimum absolute atomic E-state index is 0.124. The number of ketones is 1. The number of carbonyl (C=O) groups excluding carboxylic acids is 1. The van der Waals surface area contributed by atoms with Crippen LogP contribution in [0.4, 0.5) is 0 Å². The maximum absolute atomic E-state index is 12.5. The van der Waals surface area contributed by atoms with Gasteiger partial charge in [0, 0.05) is 12.0 Å². The van der Waals surface area contributed by atoms with Gasteiger partial charge in [-0.25, -0.2) is 0 Å². The molecule has 16 heavy (non-hydrogen) atoms. The highest BCUT2D eigenvalue weighted by Gasteiger charge is 2.40. The lowest BCUT2D eigenvalue weighted by Crippen LogP contribution is -2.45. The average molecular weight is 286 g/mol. The van der Waals surface area contributed by atoms with Gasteiger partial charge in [0.25, 0.3) is 0 Å². The van der Waals surface area contributed by atoms with Gasteiger partial charge in [-0.1, -0.05) is 6.92 Å². The Hall–Kier alpha value is -0.610. The molecule has 3 nitrogen and oxygen atoms in total. The van der Waals surface area contributed by atoms with Crippen LogP contribution < -0.4 is 5.32 Å². The summed E-state index contributed by atoms with van der Waals surface area (Å²) in [7, 11) is 0. The second-order valence-corrected chi connectivity index (χ2v) is 5.20. The second-order valence-electron chi connectivity index (χ2n) is 4.34. The fourth-order valence-corrected chi connectivity index (χ4v) is 2.70. The van der Waals surface area contributed by atoms with Crippen molar-refractivity contribution in [3.63, 3.8) is 0 Å². The second kappa shape index (κ2) is 4.72. The summed E-state index contributed by atoms with van der Waals surface area (Å²) in [4.78, 5) is 12.5. The quantitative estimate of drug-likeness (QED) is 0.868. The minimum Gasteiger partial charge on any atom is -0.460 e. The predicted molar refractivity (Wildman–Crippen MR) is 65.6 cm³/mol. The Morgan fingerprint density at radius 3 is 3.00 bits per heavy atom. The molecule has 1 aromatic heterocycles. The van der Waals surface area contributed by atoms with Crippen LogP contribution in [0.1, 0.15) is 36.7 Å². The van der Waals surface area contributed by atoms with Crippen molar-refractivity contribution in [2.24, 2.45) is 5.41 Å². The molecule has 0 saturated carbocycles. The van der Waals surface area contributed by atoms with E-state index in [1.165, 1.54) is 0 Å². The Morgan fingerprint density at radius 1 is 1.69 bits per heavy atom. The van der Waals surface area contributed by atoms with Crippen LogP contribution in [0.5, 0.6) is 0 Å². The predicted octanol–water partition coefficient (Wildman–Crippen LogP) is 3.00. The highest BCUT2D eigenvalue weighted by atomic mass is 79.9. The zero-order valence-corrected chi connectivity index (χ0v) is 11.0. The smallest absolute Gasteiger partial charge is 0.206 e. The van der Waals surface area contributed by atoms with Crippen molar-refractivity contribution in [1.29, 1.82) is 0 Å². The molecule has 88 valence electrons. The van der Waals surface area contributed by atoms with Gasteiger partial charge in [0.2, 0.25) is 5.78 Å². The number of carbonyl (C=O) groups is 1. The summed E-state index contributed by atoms with van der Waals surface area (Å²) >= 11 is 3.35. The highest BCUT2D eigenvalue weighted by Crippen LogP contribution is 2.36. The van der Waals surface area contributed by atoms with Crippen LogP contribution in [-0.2, 0) is 0 Å². The maximum Gasteiger partial charge on any atom is 0.206 e. The Bertz CT molecular complexity index is 380. The van der Waals surface area contributed by atoms with Crippen LogP contribution in [-0.4, -0.2) is 18.9 Å². The lowest BCUT2D eigenvalue weighted by molar-refractivity contribution is 0.0698. The van der Waals surface area contributed by atoms with E-state index in [0.717, 1.165) is 36.8 Å².